The summed E-state index contributed by atoms with van der Waals surface area (Å²) in [6.07, 6.45) is -0.202. The van der Waals surface area contributed by atoms with Gasteiger partial charge in [0.25, 0.3) is 12.9 Å². The van der Waals surface area contributed by atoms with Crippen LogP contribution in [0.2, 0.25) is 0 Å². The Morgan fingerprint density at radius 1 is 0.698 bits per heavy atom. The first-order valence-corrected chi connectivity index (χ1v) is 22.0. The second-order valence-electron chi connectivity index (χ2n) is 15.8. The molecule has 2 aliphatic heterocycles. The van der Waals surface area contributed by atoms with E-state index in [4.69, 9.17) is 19.7 Å². The van der Waals surface area contributed by atoms with Crippen LogP contribution in [-0.2, 0) is 35.4 Å². The zero-order chi connectivity index (χ0) is 46.3. The van der Waals surface area contributed by atoms with E-state index >= 15 is 0 Å². The molecule has 17 heteroatoms. The van der Waals surface area contributed by atoms with E-state index in [2.05, 4.69) is 4.68 Å². The molecule has 0 radical (unpaired) electrons. The zero-order valence-corrected chi connectivity index (χ0v) is 38.3. The van der Waals surface area contributed by atoms with Crippen molar-refractivity contribution in [3.63, 3.8) is 0 Å². The van der Waals surface area contributed by atoms with Crippen molar-refractivity contribution in [1.29, 1.82) is 0 Å². The molecule has 4 aromatic rings. The molecule has 0 atom stereocenters. The fourth-order valence-electron chi connectivity index (χ4n) is 8.35. The maximum atomic E-state index is 13.4. The Hall–Kier alpha value is -5.32. The summed E-state index contributed by atoms with van der Waals surface area (Å²) in [7, 11) is 6.35. The Bertz CT molecular complexity index is 2190. The first kappa shape index (κ1) is 48.7. The number of alkyl halides is 4. The number of rotatable bonds is 8. The average molecular weight is 885 g/mol. The molecule has 2 aromatic carbocycles. The minimum atomic E-state index is -2.56. The third-order valence-electron chi connectivity index (χ3n) is 12.3. The van der Waals surface area contributed by atoms with Gasteiger partial charge in [-0.2, -0.15) is 10.2 Å². The SMILES string of the molecule is CC.CC.COC(=O)N1CCc2c(c(N(C)c3ccc(C)c(C(F)F)c3)nn2C2CC(O)C2)C1.COC(=O)N1CCc2c(c(N(C)c3ccc(C)c(C(F)F)c3)nn2C2CCC2)C1. The summed E-state index contributed by atoms with van der Waals surface area (Å²) in [6, 6.07) is 10.5. The van der Waals surface area contributed by atoms with Crippen LogP contribution < -0.4 is 9.80 Å². The molecular weight excluding hydrogens is 821 g/mol. The van der Waals surface area contributed by atoms with Crippen molar-refractivity contribution in [3.05, 3.63) is 81.2 Å². The van der Waals surface area contributed by atoms with Crippen LogP contribution in [0.3, 0.4) is 0 Å². The Labute approximate surface area is 368 Å². The Morgan fingerprint density at radius 2 is 1.10 bits per heavy atom. The van der Waals surface area contributed by atoms with Crippen LogP contribution in [0, 0.1) is 13.8 Å². The van der Waals surface area contributed by atoms with Crippen molar-refractivity contribution in [2.75, 3.05) is 51.2 Å². The number of ether oxygens (including phenoxy) is 2. The van der Waals surface area contributed by atoms with E-state index < -0.39 is 18.9 Å². The fourth-order valence-corrected chi connectivity index (χ4v) is 8.35. The van der Waals surface area contributed by atoms with Crippen molar-refractivity contribution >= 4 is 35.2 Å². The highest BCUT2D eigenvalue weighted by molar-refractivity contribution is 5.71. The van der Waals surface area contributed by atoms with Gasteiger partial charge in [-0.05, 0) is 81.3 Å². The highest BCUT2D eigenvalue weighted by Gasteiger charge is 2.37. The normalized spacial score (nSPS) is 17.7. The molecule has 2 amide bonds. The third kappa shape index (κ3) is 10.2. The summed E-state index contributed by atoms with van der Waals surface area (Å²) in [4.78, 5) is 31.1. The lowest BCUT2D eigenvalue weighted by Gasteiger charge is -2.34. The Balaban J connectivity index is 0.000000220. The number of carbonyl (C=O) groups excluding carboxylic acids is 2. The van der Waals surface area contributed by atoms with Crippen LogP contribution in [0.5, 0.6) is 0 Å². The van der Waals surface area contributed by atoms with Gasteiger partial charge in [-0.25, -0.2) is 27.2 Å². The molecule has 63 heavy (non-hydrogen) atoms. The van der Waals surface area contributed by atoms with Gasteiger partial charge in [-0.1, -0.05) is 39.8 Å². The number of methoxy groups -OCH3 is 2. The van der Waals surface area contributed by atoms with Crippen LogP contribution in [0.25, 0.3) is 0 Å². The number of aliphatic hydroxyl groups is 1. The number of halogens is 4. The second kappa shape index (κ2) is 21.4. The summed E-state index contributed by atoms with van der Waals surface area (Å²) in [5.41, 5.74) is 6.39. The molecule has 2 saturated carbocycles. The molecule has 2 fully saturated rings. The number of amides is 2. The molecule has 8 rings (SSSR count). The molecule has 0 bridgehead atoms. The standard InChI is InChI=1S/C21H26F2N4O3.C21H26F2N4O2.2C2H6/c1-12-4-5-13(10-16(12)19(22)23)25(2)20-17-11-26(21(29)30-3)7-6-18(17)27(24-20)14-8-15(28)9-14;1-13-7-8-15(11-16(13)19(22)23)25(2)20-17-12-26(21(28)29-3)10-9-18(17)27(24-20)14-5-4-6-14;2*1-2/h4-5,10,14-15,19,28H,6-9,11H2,1-3H3;7-8,11,14,19H,4-6,9-10,12H2,1-3H3;2*1-2H3. The lowest BCUT2D eigenvalue weighted by molar-refractivity contribution is 0.0417. The summed E-state index contributed by atoms with van der Waals surface area (Å²) < 4.78 is 67.4. The van der Waals surface area contributed by atoms with Crippen LogP contribution in [0.1, 0.15) is 130 Å². The lowest BCUT2D eigenvalue weighted by atomic mass is 9.89. The number of fused-ring (bicyclic) bond motifs is 2. The predicted molar refractivity (Wildman–Crippen MR) is 236 cm³/mol. The monoisotopic (exact) mass is 884 g/mol. The fraction of sp³-hybridized carbons (Fsp3) is 0.565. The minimum Gasteiger partial charge on any atom is -0.453 e. The van der Waals surface area contributed by atoms with Gasteiger partial charge in [-0.15, -0.1) is 0 Å². The minimum absolute atomic E-state index is 0.00838. The first-order chi connectivity index (χ1) is 30.2. The summed E-state index contributed by atoms with van der Waals surface area (Å²) in [6.45, 7) is 13.2. The third-order valence-corrected chi connectivity index (χ3v) is 12.3. The highest BCUT2D eigenvalue weighted by Crippen LogP contribution is 2.42. The summed E-state index contributed by atoms with van der Waals surface area (Å²) in [5.74, 6) is 1.34. The van der Waals surface area contributed by atoms with Gasteiger partial charge in [-0.3, -0.25) is 9.36 Å². The molecule has 346 valence electrons. The van der Waals surface area contributed by atoms with Crippen LogP contribution in [0.4, 0.5) is 50.2 Å². The van der Waals surface area contributed by atoms with Crippen LogP contribution >= 0.6 is 0 Å². The predicted octanol–water partition coefficient (Wildman–Crippen LogP) is 10.5. The van der Waals surface area contributed by atoms with Gasteiger partial charge >= 0.3 is 12.2 Å². The smallest absolute Gasteiger partial charge is 0.409 e. The van der Waals surface area contributed by atoms with E-state index in [0.29, 0.717) is 92.0 Å². The number of aryl methyl sites for hydroxylation is 2. The van der Waals surface area contributed by atoms with E-state index in [1.807, 2.05) is 50.4 Å². The zero-order valence-electron chi connectivity index (χ0n) is 38.3. The molecule has 4 aliphatic rings. The van der Waals surface area contributed by atoms with E-state index in [0.717, 1.165) is 35.4 Å². The van der Waals surface area contributed by atoms with Crippen molar-refractivity contribution in [2.24, 2.45) is 0 Å². The average Bonchev–Trinajstić information content (AvgIpc) is 3.83. The maximum Gasteiger partial charge on any atom is 0.409 e. The number of anilines is 4. The van der Waals surface area contributed by atoms with Crippen molar-refractivity contribution in [2.45, 2.75) is 131 Å². The largest absolute Gasteiger partial charge is 0.453 e. The molecule has 0 saturated heterocycles. The van der Waals surface area contributed by atoms with Gasteiger partial charge in [0.15, 0.2) is 11.6 Å². The van der Waals surface area contributed by atoms with Gasteiger partial charge in [0.05, 0.1) is 45.5 Å². The van der Waals surface area contributed by atoms with Crippen molar-refractivity contribution < 1.29 is 41.7 Å². The number of aromatic nitrogens is 4. The summed E-state index contributed by atoms with van der Waals surface area (Å²) in [5, 5.41) is 19.4. The molecule has 4 heterocycles. The quantitative estimate of drug-likeness (QED) is 0.172. The molecule has 2 aromatic heterocycles. The molecular formula is C46H64F4N8O5. The van der Waals surface area contributed by atoms with Gasteiger partial charge in [0.2, 0.25) is 0 Å². The number of benzene rings is 2. The topological polar surface area (TPSA) is 121 Å². The van der Waals surface area contributed by atoms with E-state index in [1.165, 1.54) is 32.8 Å². The molecule has 13 nitrogen and oxygen atoms in total. The molecule has 2 aliphatic carbocycles. The molecule has 0 unspecified atom stereocenters. The molecule has 1 N–H and O–H groups in total. The number of aliphatic hydroxyl groups excluding tert-OH is 1. The Morgan fingerprint density at radius 3 is 1.43 bits per heavy atom. The lowest BCUT2D eigenvalue weighted by Crippen LogP contribution is -2.38. The van der Waals surface area contributed by atoms with Gasteiger partial charge in [0, 0.05) is 85.0 Å². The number of nitrogens with zero attached hydrogens (tertiary/aromatic N) is 8. The number of hydrogen-bond acceptors (Lipinski definition) is 9. The van der Waals surface area contributed by atoms with E-state index in [9.17, 15) is 32.3 Å². The van der Waals surface area contributed by atoms with E-state index in [-0.39, 0.29) is 29.4 Å². The van der Waals surface area contributed by atoms with Crippen molar-refractivity contribution in [3.8, 4) is 0 Å². The van der Waals surface area contributed by atoms with Crippen LogP contribution in [0.15, 0.2) is 36.4 Å². The van der Waals surface area contributed by atoms with Crippen LogP contribution in [-0.4, -0.2) is 94.2 Å². The van der Waals surface area contributed by atoms with Gasteiger partial charge < -0.3 is 34.2 Å². The first-order valence-electron chi connectivity index (χ1n) is 22.0. The van der Waals surface area contributed by atoms with E-state index in [1.54, 1.807) is 53.8 Å². The second-order valence-corrected chi connectivity index (χ2v) is 15.8. The Kier molecular flexibility index (Phi) is 16.5. The maximum absolute atomic E-state index is 13.4. The van der Waals surface area contributed by atoms with Crippen molar-refractivity contribution in [1.82, 2.24) is 29.4 Å². The number of carbonyl (C=O) groups is 2. The summed E-state index contributed by atoms with van der Waals surface area (Å²) >= 11 is 0. The van der Waals surface area contributed by atoms with Gasteiger partial charge in [0.1, 0.15) is 0 Å². The number of hydrogen-bond donors (Lipinski definition) is 1. The molecule has 0 spiro atoms. The highest BCUT2D eigenvalue weighted by atomic mass is 19.3.